The highest BCUT2D eigenvalue weighted by atomic mass is 19.1. The van der Waals surface area contributed by atoms with Gasteiger partial charge in [0.2, 0.25) is 5.95 Å². The van der Waals surface area contributed by atoms with Crippen molar-refractivity contribution in [2.45, 2.75) is 52.6 Å². The van der Waals surface area contributed by atoms with Crippen molar-refractivity contribution in [1.82, 2.24) is 29.6 Å². The fraction of sp³-hybridized carbons (Fsp3) is 0.360. The van der Waals surface area contributed by atoms with Crippen LogP contribution in [0, 0.1) is 5.82 Å². The first-order chi connectivity index (χ1) is 16.3. The third-order valence-corrected chi connectivity index (χ3v) is 6.12. The zero-order chi connectivity index (χ0) is 24.0. The molecule has 4 heterocycles. The molecule has 34 heavy (non-hydrogen) atoms. The van der Waals surface area contributed by atoms with Crippen molar-refractivity contribution >= 4 is 22.7 Å². The highest BCUT2D eigenvalue weighted by molar-refractivity contribution is 5.77. The lowest BCUT2D eigenvalue weighted by Crippen LogP contribution is -2.24. The minimum Gasteiger partial charge on any atom is -0.324 e. The first-order valence-electron chi connectivity index (χ1n) is 11.5. The molecule has 2 N–H and O–H groups in total. The average Bonchev–Trinajstić information content (AvgIpc) is 3.09. The zero-order valence-electron chi connectivity index (χ0n) is 19.8. The molecule has 0 saturated carbocycles. The van der Waals surface area contributed by atoms with E-state index in [2.05, 4.69) is 37.7 Å². The van der Waals surface area contributed by atoms with Crippen molar-refractivity contribution in [2.24, 2.45) is 0 Å². The lowest BCUT2D eigenvalue weighted by Gasteiger charge is -2.20. The van der Waals surface area contributed by atoms with Crippen molar-refractivity contribution in [3.05, 3.63) is 69.5 Å². The first kappa shape index (κ1) is 22.2. The number of anilines is 2. The summed E-state index contributed by atoms with van der Waals surface area (Å²) in [6.45, 7) is 10.0. The normalized spacial score (nSPS) is 13.8. The number of hydrogen-bond donors (Lipinski definition) is 2. The molecule has 4 aromatic rings. The van der Waals surface area contributed by atoms with Crippen molar-refractivity contribution in [2.75, 3.05) is 11.9 Å². The summed E-state index contributed by atoms with van der Waals surface area (Å²) in [4.78, 5) is 26.6. The van der Waals surface area contributed by atoms with E-state index in [0.717, 1.165) is 30.9 Å². The Hall–Kier alpha value is -3.59. The Kier molecular flexibility index (Phi) is 5.44. The number of nitrogens with one attached hydrogen (secondary N) is 2. The highest BCUT2D eigenvalue weighted by Gasteiger charge is 2.23. The van der Waals surface area contributed by atoms with Gasteiger partial charge < -0.3 is 10.6 Å². The fourth-order valence-corrected chi connectivity index (χ4v) is 4.27. The smallest absolute Gasteiger partial charge is 0.278 e. The van der Waals surface area contributed by atoms with Crippen LogP contribution in [0.2, 0.25) is 0 Å². The van der Waals surface area contributed by atoms with Gasteiger partial charge in [0, 0.05) is 36.1 Å². The van der Waals surface area contributed by atoms with Gasteiger partial charge in [-0.2, -0.15) is 4.98 Å². The fourth-order valence-electron chi connectivity index (χ4n) is 4.27. The maximum Gasteiger partial charge on any atom is 0.278 e. The summed E-state index contributed by atoms with van der Waals surface area (Å²) in [6.07, 6.45) is 2.45. The molecule has 0 fully saturated rings. The van der Waals surface area contributed by atoms with Crippen molar-refractivity contribution in [1.29, 1.82) is 0 Å². The van der Waals surface area contributed by atoms with Gasteiger partial charge in [0.1, 0.15) is 5.39 Å². The van der Waals surface area contributed by atoms with Gasteiger partial charge in [0.15, 0.2) is 17.3 Å². The molecular formula is C25H28FN7O. The second-order valence-corrected chi connectivity index (χ2v) is 9.55. The van der Waals surface area contributed by atoms with Crippen LogP contribution in [0.3, 0.4) is 0 Å². The third-order valence-electron chi connectivity index (χ3n) is 6.12. The van der Waals surface area contributed by atoms with E-state index in [4.69, 9.17) is 0 Å². The van der Waals surface area contributed by atoms with Gasteiger partial charge in [-0.1, -0.05) is 26.8 Å². The van der Waals surface area contributed by atoms with E-state index in [-0.39, 0.29) is 16.8 Å². The lowest BCUT2D eigenvalue weighted by molar-refractivity contribution is 0.516. The molecule has 1 aliphatic rings. The summed E-state index contributed by atoms with van der Waals surface area (Å²) in [5, 5.41) is 6.92. The van der Waals surface area contributed by atoms with Crippen LogP contribution in [0.4, 0.5) is 16.0 Å². The molecule has 0 spiro atoms. The number of halogens is 1. The Balaban J connectivity index is 1.63. The zero-order valence-corrected chi connectivity index (χ0v) is 19.8. The predicted molar refractivity (Wildman–Crippen MR) is 130 cm³/mol. The molecule has 5 rings (SSSR count). The van der Waals surface area contributed by atoms with Crippen molar-refractivity contribution < 1.29 is 4.39 Å². The van der Waals surface area contributed by atoms with Gasteiger partial charge in [0.25, 0.3) is 5.56 Å². The average molecular weight is 462 g/mol. The van der Waals surface area contributed by atoms with Crippen LogP contribution >= 0.6 is 0 Å². The van der Waals surface area contributed by atoms with E-state index in [1.807, 2.05) is 33.8 Å². The maximum atomic E-state index is 15.0. The molecule has 8 nitrogen and oxygen atoms in total. The van der Waals surface area contributed by atoms with Crippen LogP contribution < -0.4 is 16.2 Å². The second kappa shape index (κ2) is 8.32. The number of pyridine rings is 1. The SMILES string of the molecule is CCn1c(=O)c2cnc(Nc3ccc4c(c3)CCNC4)nc2n1-c1nc(C(C)(C)C)ccc1F. The minimum atomic E-state index is -0.525. The Morgan fingerprint density at radius 2 is 1.97 bits per heavy atom. The summed E-state index contributed by atoms with van der Waals surface area (Å²) in [5.41, 5.74) is 3.88. The topological polar surface area (TPSA) is 89.7 Å². The van der Waals surface area contributed by atoms with E-state index >= 15 is 4.39 Å². The number of aromatic nitrogens is 5. The number of fused-ring (bicyclic) bond motifs is 2. The number of nitrogens with zero attached hydrogens (tertiary/aromatic N) is 5. The molecule has 0 atom stereocenters. The number of hydrogen-bond acceptors (Lipinski definition) is 6. The molecule has 0 saturated heterocycles. The van der Waals surface area contributed by atoms with Gasteiger partial charge in [-0.15, -0.1) is 0 Å². The van der Waals surface area contributed by atoms with Crippen LogP contribution in [0.15, 0.2) is 41.3 Å². The maximum absolute atomic E-state index is 15.0. The Morgan fingerprint density at radius 3 is 2.74 bits per heavy atom. The highest BCUT2D eigenvalue weighted by Crippen LogP contribution is 2.25. The van der Waals surface area contributed by atoms with Gasteiger partial charge in [-0.05, 0) is 55.3 Å². The lowest BCUT2D eigenvalue weighted by atomic mass is 9.92. The second-order valence-electron chi connectivity index (χ2n) is 9.55. The predicted octanol–water partition coefficient (Wildman–Crippen LogP) is 3.82. The summed E-state index contributed by atoms with van der Waals surface area (Å²) in [5.74, 6) is -0.147. The molecule has 1 aromatic carbocycles. The molecule has 1 aliphatic heterocycles. The van der Waals surface area contributed by atoms with E-state index in [1.165, 1.54) is 32.8 Å². The molecule has 176 valence electrons. The Bertz CT molecular complexity index is 1450. The number of benzene rings is 1. The minimum absolute atomic E-state index is 0.0484. The standard InChI is InChI=1S/C25H28FN7O/c1-5-32-23(34)18-14-28-24(29-17-7-6-16-13-27-11-10-15(16)12-17)31-21(18)33(32)22-19(26)8-9-20(30-22)25(2,3)4/h6-9,12,14,27H,5,10-11,13H2,1-4H3,(H,28,29,31). The van der Waals surface area contributed by atoms with Gasteiger partial charge in [-0.25, -0.2) is 23.7 Å². The molecule has 0 amide bonds. The van der Waals surface area contributed by atoms with Crippen LogP contribution in [-0.4, -0.2) is 30.9 Å². The molecule has 0 radical (unpaired) electrons. The Labute approximate surface area is 196 Å². The van der Waals surface area contributed by atoms with Gasteiger partial charge in [0.05, 0.1) is 0 Å². The number of rotatable bonds is 4. The summed E-state index contributed by atoms with van der Waals surface area (Å²) < 4.78 is 17.9. The monoisotopic (exact) mass is 461 g/mol. The van der Waals surface area contributed by atoms with Crippen molar-refractivity contribution in [3.63, 3.8) is 0 Å². The van der Waals surface area contributed by atoms with E-state index in [9.17, 15) is 4.79 Å². The van der Waals surface area contributed by atoms with E-state index < -0.39 is 5.82 Å². The molecule has 0 bridgehead atoms. The van der Waals surface area contributed by atoms with Crippen LogP contribution in [0.1, 0.15) is 44.5 Å². The van der Waals surface area contributed by atoms with Crippen molar-refractivity contribution in [3.8, 4) is 5.82 Å². The van der Waals surface area contributed by atoms with Gasteiger partial charge in [-0.3, -0.25) is 4.79 Å². The first-order valence-corrected chi connectivity index (χ1v) is 11.5. The molecular weight excluding hydrogens is 433 g/mol. The van der Waals surface area contributed by atoms with Crippen LogP contribution in [0.25, 0.3) is 16.9 Å². The van der Waals surface area contributed by atoms with Crippen LogP contribution in [-0.2, 0) is 24.9 Å². The quantitative estimate of drug-likeness (QED) is 0.480. The van der Waals surface area contributed by atoms with E-state index in [0.29, 0.717) is 23.5 Å². The molecule has 9 heteroatoms. The molecule has 0 aliphatic carbocycles. The van der Waals surface area contributed by atoms with Crippen LogP contribution in [0.5, 0.6) is 0 Å². The summed E-state index contributed by atoms with van der Waals surface area (Å²) >= 11 is 0. The Morgan fingerprint density at radius 1 is 1.15 bits per heavy atom. The van der Waals surface area contributed by atoms with E-state index in [1.54, 1.807) is 6.07 Å². The summed E-state index contributed by atoms with van der Waals surface area (Å²) in [7, 11) is 0. The molecule has 3 aromatic heterocycles. The third kappa shape index (κ3) is 3.86. The largest absolute Gasteiger partial charge is 0.324 e. The molecule has 0 unspecified atom stereocenters. The summed E-state index contributed by atoms with van der Waals surface area (Å²) in [6, 6.07) is 9.23. The van der Waals surface area contributed by atoms with Gasteiger partial charge >= 0.3 is 0 Å².